The van der Waals surface area contributed by atoms with Crippen molar-refractivity contribution >= 4 is 33.4 Å². The lowest BCUT2D eigenvalue weighted by atomic mass is 9.99. The lowest BCUT2D eigenvalue weighted by molar-refractivity contribution is 0.0687. The Hall–Kier alpha value is -0.540. The molecule has 1 amide bonds. The van der Waals surface area contributed by atoms with E-state index in [0.717, 1.165) is 29.5 Å². The first-order valence-electron chi connectivity index (χ1n) is 5.77. The molecule has 1 aromatic rings. The van der Waals surface area contributed by atoms with Gasteiger partial charge in [-0.1, -0.05) is 22.9 Å². The van der Waals surface area contributed by atoms with Gasteiger partial charge in [-0.25, -0.2) is 0 Å². The van der Waals surface area contributed by atoms with Crippen LogP contribution in [-0.2, 0) is 0 Å². The van der Waals surface area contributed by atoms with Crippen LogP contribution in [-0.4, -0.2) is 29.3 Å². The van der Waals surface area contributed by atoms with E-state index in [1.807, 2.05) is 29.2 Å². The molecule has 1 aromatic carbocycles. The Morgan fingerprint density at radius 3 is 2.65 bits per heavy atom. The van der Waals surface area contributed by atoms with Gasteiger partial charge in [-0.2, -0.15) is 0 Å². The van der Waals surface area contributed by atoms with Gasteiger partial charge in [0, 0.05) is 28.5 Å². The topological polar surface area (TPSA) is 20.3 Å². The molecule has 0 aromatic heterocycles. The van der Waals surface area contributed by atoms with Crippen molar-refractivity contribution in [2.24, 2.45) is 5.92 Å². The predicted molar refractivity (Wildman–Crippen MR) is 73.5 cm³/mol. The summed E-state index contributed by atoms with van der Waals surface area (Å²) in [5.41, 5.74) is 0.744. The highest BCUT2D eigenvalue weighted by Gasteiger charge is 2.27. The van der Waals surface area contributed by atoms with Crippen LogP contribution in [0.2, 0.25) is 0 Å². The van der Waals surface area contributed by atoms with Crippen LogP contribution in [0.5, 0.6) is 0 Å². The van der Waals surface area contributed by atoms with E-state index in [1.165, 1.54) is 0 Å². The molecule has 2 atom stereocenters. The number of hydrogen-bond donors (Lipinski definition) is 0. The van der Waals surface area contributed by atoms with Crippen molar-refractivity contribution in [3.8, 4) is 0 Å². The largest absolute Gasteiger partial charge is 0.338 e. The zero-order chi connectivity index (χ0) is 12.4. The summed E-state index contributed by atoms with van der Waals surface area (Å²) in [6.07, 6.45) is 0.880. The standard InChI is InChI=1S/C13H15BrClNO/c1-9-8-16(7-6-12(9)15)13(17)10-2-4-11(14)5-3-10/h2-5,9,12H,6-8H2,1H3. The number of alkyl halides is 1. The highest BCUT2D eigenvalue weighted by atomic mass is 79.9. The number of amides is 1. The summed E-state index contributed by atoms with van der Waals surface area (Å²) in [4.78, 5) is 14.1. The molecule has 0 radical (unpaired) electrons. The fourth-order valence-corrected chi connectivity index (χ4v) is 2.52. The molecule has 1 aliphatic heterocycles. The first-order valence-corrected chi connectivity index (χ1v) is 7.00. The summed E-state index contributed by atoms with van der Waals surface area (Å²) >= 11 is 9.53. The SMILES string of the molecule is CC1CN(C(=O)c2ccc(Br)cc2)CCC1Cl. The van der Waals surface area contributed by atoms with Crippen LogP contribution in [0.1, 0.15) is 23.7 Å². The van der Waals surface area contributed by atoms with Crippen LogP contribution in [0.4, 0.5) is 0 Å². The summed E-state index contributed by atoms with van der Waals surface area (Å²) in [5, 5.41) is 0.198. The fraction of sp³-hybridized carbons (Fsp3) is 0.462. The van der Waals surface area contributed by atoms with Crippen molar-refractivity contribution in [1.82, 2.24) is 4.90 Å². The average Bonchev–Trinajstić information content (AvgIpc) is 2.33. The molecule has 2 unspecified atom stereocenters. The van der Waals surface area contributed by atoms with Crippen molar-refractivity contribution < 1.29 is 4.79 Å². The van der Waals surface area contributed by atoms with Gasteiger partial charge >= 0.3 is 0 Å². The zero-order valence-electron chi connectivity index (χ0n) is 9.70. The Balaban J connectivity index is 2.08. The second-order valence-corrected chi connectivity index (χ2v) is 6.02. The third-order valence-electron chi connectivity index (χ3n) is 3.18. The molecule has 17 heavy (non-hydrogen) atoms. The zero-order valence-corrected chi connectivity index (χ0v) is 12.0. The molecule has 1 aliphatic rings. The van der Waals surface area contributed by atoms with Gasteiger partial charge in [0.05, 0.1) is 0 Å². The summed E-state index contributed by atoms with van der Waals surface area (Å²) in [6, 6.07) is 7.49. The van der Waals surface area contributed by atoms with Gasteiger partial charge in [-0.15, -0.1) is 11.6 Å². The number of hydrogen-bond acceptors (Lipinski definition) is 1. The Morgan fingerprint density at radius 2 is 2.06 bits per heavy atom. The Labute approximate surface area is 115 Å². The van der Waals surface area contributed by atoms with Crippen molar-refractivity contribution in [2.45, 2.75) is 18.7 Å². The first kappa shape index (κ1) is 12.9. The normalized spacial score (nSPS) is 24.8. The molecular weight excluding hydrogens is 302 g/mol. The number of halogens is 2. The van der Waals surface area contributed by atoms with Crippen LogP contribution in [0.25, 0.3) is 0 Å². The first-order chi connectivity index (χ1) is 8.08. The highest BCUT2D eigenvalue weighted by Crippen LogP contribution is 2.23. The minimum Gasteiger partial charge on any atom is -0.338 e. The maximum atomic E-state index is 12.2. The molecule has 0 N–H and O–H groups in total. The number of nitrogens with zero attached hydrogens (tertiary/aromatic N) is 1. The van der Waals surface area contributed by atoms with Crippen molar-refractivity contribution in [3.05, 3.63) is 34.3 Å². The molecule has 2 nitrogen and oxygen atoms in total. The van der Waals surface area contributed by atoms with Gasteiger partial charge in [-0.05, 0) is 36.6 Å². The molecule has 0 aliphatic carbocycles. The minimum atomic E-state index is 0.105. The van der Waals surface area contributed by atoms with E-state index in [1.54, 1.807) is 0 Å². The minimum absolute atomic E-state index is 0.105. The van der Waals surface area contributed by atoms with Crippen molar-refractivity contribution in [3.63, 3.8) is 0 Å². The summed E-state index contributed by atoms with van der Waals surface area (Å²) in [5.74, 6) is 0.470. The van der Waals surface area contributed by atoms with Gasteiger partial charge < -0.3 is 4.90 Å². The van der Waals surface area contributed by atoms with Crippen molar-refractivity contribution in [1.29, 1.82) is 0 Å². The fourth-order valence-electron chi connectivity index (χ4n) is 2.08. The summed E-state index contributed by atoms with van der Waals surface area (Å²) < 4.78 is 0.988. The second-order valence-electron chi connectivity index (χ2n) is 4.54. The van der Waals surface area contributed by atoms with E-state index in [4.69, 9.17) is 11.6 Å². The average molecular weight is 317 g/mol. The van der Waals surface area contributed by atoms with Crippen LogP contribution in [0.15, 0.2) is 28.7 Å². The molecular formula is C13H15BrClNO. The Kier molecular flexibility index (Phi) is 4.10. The number of carbonyl (C=O) groups is 1. The van der Waals surface area contributed by atoms with E-state index in [9.17, 15) is 4.79 Å². The smallest absolute Gasteiger partial charge is 0.253 e. The number of piperidine rings is 1. The predicted octanol–water partition coefficient (Wildman–Crippen LogP) is 3.54. The van der Waals surface area contributed by atoms with Gasteiger partial charge in [0.2, 0.25) is 0 Å². The van der Waals surface area contributed by atoms with Gasteiger partial charge in [0.25, 0.3) is 5.91 Å². The maximum Gasteiger partial charge on any atom is 0.253 e. The van der Waals surface area contributed by atoms with Gasteiger partial charge in [0.15, 0.2) is 0 Å². The van der Waals surface area contributed by atoms with Crippen molar-refractivity contribution in [2.75, 3.05) is 13.1 Å². The number of benzene rings is 1. The van der Waals surface area contributed by atoms with Gasteiger partial charge in [0.1, 0.15) is 0 Å². The molecule has 4 heteroatoms. The monoisotopic (exact) mass is 315 g/mol. The van der Waals surface area contributed by atoms with Gasteiger partial charge in [-0.3, -0.25) is 4.79 Å². The third kappa shape index (κ3) is 3.02. The van der Waals surface area contributed by atoms with Crippen LogP contribution < -0.4 is 0 Å². The number of rotatable bonds is 1. The lowest BCUT2D eigenvalue weighted by Crippen LogP contribution is -2.43. The summed E-state index contributed by atoms with van der Waals surface area (Å²) in [6.45, 7) is 3.61. The molecule has 0 spiro atoms. The lowest BCUT2D eigenvalue weighted by Gasteiger charge is -2.34. The third-order valence-corrected chi connectivity index (χ3v) is 4.36. The van der Waals surface area contributed by atoms with E-state index in [2.05, 4.69) is 22.9 Å². The molecule has 0 bridgehead atoms. The van der Waals surface area contributed by atoms with E-state index >= 15 is 0 Å². The molecule has 92 valence electrons. The second kappa shape index (κ2) is 5.40. The molecule has 0 saturated carbocycles. The summed E-state index contributed by atoms with van der Waals surface area (Å²) in [7, 11) is 0. The number of likely N-dealkylation sites (tertiary alicyclic amines) is 1. The molecule has 1 heterocycles. The van der Waals surface area contributed by atoms with Crippen LogP contribution >= 0.6 is 27.5 Å². The quantitative estimate of drug-likeness (QED) is 0.726. The Bertz CT molecular complexity index is 406. The highest BCUT2D eigenvalue weighted by molar-refractivity contribution is 9.10. The van der Waals surface area contributed by atoms with E-state index in [0.29, 0.717) is 5.92 Å². The Morgan fingerprint density at radius 1 is 1.41 bits per heavy atom. The molecule has 1 fully saturated rings. The van der Waals surface area contributed by atoms with E-state index in [-0.39, 0.29) is 11.3 Å². The van der Waals surface area contributed by atoms with Crippen LogP contribution in [0.3, 0.4) is 0 Å². The molecule has 1 saturated heterocycles. The number of carbonyl (C=O) groups excluding carboxylic acids is 1. The molecule has 2 rings (SSSR count). The maximum absolute atomic E-state index is 12.2. The van der Waals surface area contributed by atoms with Crippen LogP contribution in [0, 0.1) is 5.92 Å². The van der Waals surface area contributed by atoms with E-state index < -0.39 is 0 Å².